The van der Waals surface area contributed by atoms with Crippen molar-refractivity contribution < 1.29 is 14.3 Å². The van der Waals surface area contributed by atoms with Gasteiger partial charge in [-0.25, -0.2) is 0 Å². The lowest BCUT2D eigenvalue weighted by Gasteiger charge is -2.30. The number of anilines is 1. The van der Waals surface area contributed by atoms with Gasteiger partial charge in [-0.05, 0) is 30.5 Å². The molecule has 2 aliphatic rings. The zero-order valence-corrected chi connectivity index (χ0v) is 13.7. The number of hydrogen-bond acceptors (Lipinski definition) is 5. The van der Waals surface area contributed by atoms with Gasteiger partial charge in [0.05, 0.1) is 7.11 Å². The van der Waals surface area contributed by atoms with Crippen molar-refractivity contribution in [3.63, 3.8) is 0 Å². The van der Waals surface area contributed by atoms with Gasteiger partial charge in [-0.1, -0.05) is 12.1 Å². The predicted molar refractivity (Wildman–Crippen MR) is 88.3 cm³/mol. The first-order valence-electron chi connectivity index (χ1n) is 8.34. The van der Waals surface area contributed by atoms with Crippen molar-refractivity contribution in [2.45, 2.75) is 25.8 Å². The summed E-state index contributed by atoms with van der Waals surface area (Å²) in [7, 11) is 1.34. The number of rotatable bonds is 4. The van der Waals surface area contributed by atoms with Crippen LogP contribution >= 0.6 is 0 Å². The van der Waals surface area contributed by atoms with Crippen molar-refractivity contribution in [3.8, 4) is 0 Å². The van der Waals surface area contributed by atoms with Crippen LogP contribution in [-0.4, -0.2) is 49.9 Å². The minimum atomic E-state index is -0.627. The number of benzene rings is 1. The van der Waals surface area contributed by atoms with Gasteiger partial charge < -0.3 is 9.64 Å². The minimum absolute atomic E-state index is 0.00233. The molecule has 5 nitrogen and oxygen atoms in total. The van der Waals surface area contributed by atoms with E-state index in [0.717, 1.165) is 19.6 Å². The van der Waals surface area contributed by atoms with Gasteiger partial charge in [0.25, 0.3) is 0 Å². The third-order valence-corrected chi connectivity index (χ3v) is 4.80. The normalized spacial score (nSPS) is 22.4. The standard InChI is InChI=1S/C18H24N2O3/c1-23-18(22)16-13-19(11-8-17(16)21)12-14-4-6-15(7-5-14)20-9-2-3-10-20/h4-7,16H,2-3,8-13H2,1H3. The smallest absolute Gasteiger partial charge is 0.317 e. The van der Waals surface area contributed by atoms with Crippen LogP contribution in [0.1, 0.15) is 24.8 Å². The summed E-state index contributed by atoms with van der Waals surface area (Å²) >= 11 is 0. The molecule has 0 radical (unpaired) electrons. The average Bonchev–Trinajstić information content (AvgIpc) is 3.11. The number of esters is 1. The number of likely N-dealkylation sites (tertiary alicyclic amines) is 1. The largest absolute Gasteiger partial charge is 0.468 e. The first-order valence-corrected chi connectivity index (χ1v) is 8.34. The van der Waals surface area contributed by atoms with Gasteiger partial charge in [-0.15, -0.1) is 0 Å². The van der Waals surface area contributed by atoms with E-state index in [1.807, 2.05) is 0 Å². The fourth-order valence-electron chi connectivity index (χ4n) is 3.43. The SMILES string of the molecule is COC(=O)C1CN(Cc2ccc(N3CCCC3)cc2)CCC1=O. The molecule has 3 rings (SSSR count). The molecule has 0 saturated carbocycles. The van der Waals surface area contributed by atoms with Gasteiger partial charge in [-0.3, -0.25) is 14.5 Å². The summed E-state index contributed by atoms with van der Waals surface area (Å²) in [4.78, 5) is 28.1. The van der Waals surface area contributed by atoms with Crippen LogP contribution in [-0.2, 0) is 20.9 Å². The summed E-state index contributed by atoms with van der Waals surface area (Å²) in [5.74, 6) is -1.04. The second-order valence-electron chi connectivity index (χ2n) is 6.39. The third-order valence-electron chi connectivity index (χ3n) is 4.80. The lowest BCUT2D eigenvalue weighted by molar-refractivity contribution is -0.152. The Kier molecular flexibility index (Phi) is 4.96. The highest BCUT2D eigenvalue weighted by molar-refractivity contribution is 5.99. The molecule has 23 heavy (non-hydrogen) atoms. The molecule has 0 amide bonds. The Hall–Kier alpha value is -1.88. The highest BCUT2D eigenvalue weighted by Crippen LogP contribution is 2.22. The van der Waals surface area contributed by atoms with Crippen LogP contribution in [0.15, 0.2) is 24.3 Å². The molecule has 0 spiro atoms. The van der Waals surface area contributed by atoms with Gasteiger partial charge in [0.2, 0.25) is 0 Å². The Morgan fingerprint density at radius 2 is 1.87 bits per heavy atom. The maximum Gasteiger partial charge on any atom is 0.317 e. The number of carbonyl (C=O) groups excluding carboxylic acids is 2. The molecular formula is C18H24N2O3. The first kappa shape index (κ1) is 16.0. The Morgan fingerprint density at radius 1 is 1.17 bits per heavy atom. The summed E-state index contributed by atoms with van der Waals surface area (Å²) < 4.78 is 4.74. The van der Waals surface area contributed by atoms with Crippen LogP contribution < -0.4 is 4.90 Å². The van der Waals surface area contributed by atoms with Crippen molar-refractivity contribution in [2.75, 3.05) is 38.2 Å². The molecule has 0 bridgehead atoms. The summed E-state index contributed by atoms with van der Waals surface area (Å²) in [5.41, 5.74) is 2.50. The maximum absolute atomic E-state index is 11.9. The molecule has 2 fully saturated rings. The summed E-state index contributed by atoms with van der Waals surface area (Å²) in [6.45, 7) is 4.23. The average molecular weight is 316 g/mol. The fraction of sp³-hybridized carbons (Fsp3) is 0.556. The topological polar surface area (TPSA) is 49.9 Å². The number of Topliss-reactive ketones (excluding diaryl/α,β-unsaturated/α-hetero) is 1. The third kappa shape index (κ3) is 3.72. The van der Waals surface area contributed by atoms with E-state index in [0.29, 0.717) is 19.5 Å². The van der Waals surface area contributed by atoms with Crippen molar-refractivity contribution in [2.24, 2.45) is 5.92 Å². The Bertz CT molecular complexity index is 556. The van der Waals surface area contributed by atoms with Crippen LogP contribution in [0.25, 0.3) is 0 Å². The monoisotopic (exact) mass is 316 g/mol. The zero-order chi connectivity index (χ0) is 16.2. The van der Waals surface area contributed by atoms with Gasteiger partial charge in [-0.2, -0.15) is 0 Å². The van der Waals surface area contributed by atoms with Gasteiger partial charge in [0, 0.05) is 44.8 Å². The van der Waals surface area contributed by atoms with E-state index in [9.17, 15) is 9.59 Å². The summed E-state index contributed by atoms with van der Waals surface area (Å²) in [6.07, 6.45) is 2.97. The van der Waals surface area contributed by atoms with Crippen molar-refractivity contribution in [1.82, 2.24) is 4.90 Å². The maximum atomic E-state index is 11.9. The van der Waals surface area contributed by atoms with E-state index < -0.39 is 11.9 Å². The van der Waals surface area contributed by atoms with Gasteiger partial charge in [0.15, 0.2) is 0 Å². The number of methoxy groups -OCH3 is 1. The molecule has 124 valence electrons. The van der Waals surface area contributed by atoms with E-state index >= 15 is 0 Å². The second-order valence-corrected chi connectivity index (χ2v) is 6.39. The Balaban J connectivity index is 1.60. The number of carbonyl (C=O) groups is 2. The quantitative estimate of drug-likeness (QED) is 0.627. The molecule has 0 aliphatic carbocycles. The summed E-state index contributed by atoms with van der Waals surface area (Å²) in [5, 5.41) is 0. The molecule has 2 heterocycles. The highest BCUT2D eigenvalue weighted by atomic mass is 16.5. The van der Waals surface area contributed by atoms with Crippen LogP contribution in [0.3, 0.4) is 0 Å². The number of ether oxygens (including phenoxy) is 1. The lowest BCUT2D eigenvalue weighted by atomic mass is 9.96. The number of hydrogen-bond donors (Lipinski definition) is 0. The van der Waals surface area contributed by atoms with Crippen LogP contribution in [0, 0.1) is 5.92 Å². The molecule has 2 saturated heterocycles. The predicted octanol–water partition coefficient (Wildman–Crippen LogP) is 1.85. The Morgan fingerprint density at radius 3 is 2.52 bits per heavy atom. The van der Waals surface area contributed by atoms with Crippen LogP contribution in [0.4, 0.5) is 5.69 Å². The minimum Gasteiger partial charge on any atom is -0.468 e. The second kappa shape index (κ2) is 7.13. The molecule has 1 aromatic rings. The lowest BCUT2D eigenvalue weighted by Crippen LogP contribution is -2.44. The van der Waals surface area contributed by atoms with Crippen LogP contribution in [0.5, 0.6) is 0 Å². The van der Waals surface area contributed by atoms with Gasteiger partial charge in [0.1, 0.15) is 11.7 Å². The molecule has 1 aromatic carbocycles. The molecule has 0 N–H and O–H groups in total. The molecule has 2 aliphatic heterocycles. The van der Waals surface area contributed by atoms with Gasteiger partial charge >= 0.3 is 5.97 Å². The van der Waals surface area contributed by atoms with E-state index in [1.165, 1.54) is 31.2 Å². The number of nitrogens with zero attached hydrogens (tertiary/aromatic N) is 2. The van der Waals surface area contributed by atoms with Crippen molar-refractivity contribution >= 4 is 17.4 Å². The van der Waals surface area contributed by atoms with Crippen molar-refractivity contribution in [3.05, 3.63) is 29.8 Å². The van der Waals surface area contributed by atoms with E-state index in [4.69, 9.17) is 4.74 Å². The van der Waals surface area contributed by atoms with E-state index in [1.54, 1.807) is 0 Å². The fourth-order valence-corrected chi connectivity index (χ4v) is 3.43. The Labute approximate surface area is 137 Å². The molecule has 1 unspecified atom stereocenters. The number of ketones is 1. The first-order chi connectivity index (χ1) is 11.2. The molecule has 0 aromatic heterocycles. The molecule has 5 heteroatoms. The van der Waals surface area contributed by atoms with Crippen LogP contribution in [0.2, 0.25) is 0 Å². The zero-order valence-electron chi connectivity index (χ0n) is 13.7. The summed E-state index contributed by atoms with van der Waals surface area (Å²) in [6, 6.07) is 8.65. The van der Waals surface area contributed by atoms with E-state index in [-0.39, 0.29) is 5.78 Å². The molecular weight excluding hydrogens is 292 g/mol. The van der Waals surface area contributed by atoms with E-state index in [2.05, 4.69) is 34.1 Å². The highest BCUT2D eigenvalue weighted by Gasteiger charge is 2.33. The molecule has 1 atom stereocenters. The number of piperidine rings is 1. The van der Waals surface area contributed by atoms with Crippen molar-refractivity contribution in [1.29, 1.82) is 0 Å².